The Kier molecular flexibility index (Phi) is 7.58. The highest BCUT2D eigenvalue weighted by atomic mass is 32.1. The molecule has 1 aliphatic heterocycles. The van der Waals surface area contributed by atoms with Crippen LogP contribution in [0.25, 0.3) is 0 Å². The summed E-state index contributed by atoms with van der Waals surface area (Å²) in [6, 6.07) is 0. The highest BCUT2D eigenvalue weighted by Crippen LogP contribution is 2.11. The third-order valence-corrected chi connectivity index (χ3v) is 1.43. The first-order chi connectivity index (χ1) is 4.93. The molecular formula is C7H16O2S. The fraction of sp³-hybridized carbons (Fsp3) is 1.00. The molecule has 0 bridgehead atoms. The van der Waals surface area contributed by atoms with Crippen LogP contribution in [0.2, 0.25) is 0 Å². The molecule has 1 heterocycles. The quantitative estimate of drug-likeness (QED) is 0.497. The Morgan fingerprint density at radius 1 is 1.60 bits per heavy atom. The summed E-state index contributed by atoms with van der Waals surface area (Å²) in [6.07, 6.45) is 2.61. The normalized spacial score (nSPS) is 23.7. The molecule has 0 aromatic rings. The van der Waals surface area contributed by atoms with Crippen molar-refractivity contribution in [1.29, 1.82) is 0 Å². The second-order valence-electron chi connectivity index (χ2n) is 1.93. The van der Waals surface area contributed by atoms with E-state index in [0.717, 1.165) is 13.0 Å². The van der Waals surface area contributed by atoms with Crippen molar-refractivity contribution < 1.29 is 8.92 Å². The average molecular weight is 164 g/mol. The van der Waals surface area contributed by atoms with Gasteiger partial charge in [-0.3, -0.25) is 0 Å². The molecule has 10 heavy (non-hydrogen) atoms. The SMILES string of the molecule is CC.SOCC1CCCO1. The van der Waals surface area contributed by atoms with E-state index < -0.39 is 0 Å². The second-order valence-corrected chi connectivity index (χ2v) is 2.19. The van der Waals surface area contributed by atoms with Gasteiger partial charge in [0.1, 0.15) is 0 Å². The zero-order chi connectivity index (χ0) is 7.82. The summed E-state index contributed by atoms with van der Waals surface area (Å²) < 4.78 is 9.81. The number of thiol groups is 1. The van der Waals surface area contributed by atoms with Crippen molar-refractivity contribution in [2.24, 2.45) is 0 Å². The van der Waals surface area contributed by atoms with E-state index in [2.05, 4.69) is 17.1 Å². The van der Waals surface area contributed by atoms with E-state index in [-0.39, 0.29) is 0 Å². The summed E-state index contributed by atoms with van der Waals surface area (Å²) >= 11 is 3.62. The van der Waals surface area contributed by atoms with Crippen molar-refractivity contribution in [1.82, 2.24) is 0 Å². The maximum absolute atomic E-state index is 5.22. The highest BCUT2D eigenvalue weighted by Gasteiger charge is 2.14. The Balaban J connectivity index is 0.000000371. The summed E-state index contributed by atoms with van der Waals surface area (Å²) in [4.78, 5) is 0. The Morgan fingerprint density at radius 3 is 2.70 bits per heavy atom. The van der Waals surface area contributed by atoms with Gasteiger partial charge in [0, 0.05) is 6.61 Å². The molecule has 0 N–H and O–H groups in total. The lowest BCUT2D eigenvalue weighted by molar-refractivity contribution is 0.0760. The molecule has 1 rings (SSSR count). The molecule has 0 aromatic carbocycles. The van der Waals surface area contributed by atoms with Crippen LogP contribution in [0.1, 0.15) is 26.7 Å². The molecule has 0 aliphatic carbocycles. The van der Waals surface area contributed by atoms with Gasteiger partial charge in [0.25, 0.3) is 0 Å². The predicted octanol–water partition coefficient (Wildman–Crippen LogP) is 2.05. The second kappa shape index (κ2) is 7.38. The van der Waals surface area contributed by atoms with Crippen molar-refractivity contribution in [3.8, 4) is 0 Å². The molecule has 3 heteroatoms. The van der Waals surface area contributed by atoms with Gasteiger partial charge in [0.2, 0.25) is 0 Å². The lowest BCUT2D eigenvalue weighted by atomic mass is 10.2. The summed E-state index contributed by atoms with van der Waals surface area (Å²) in [6.45, 7) is 5.52. The molecule has 0 spiro atoms. The molecule has 0 aromatic heterocycles. The molecule has 0 amide bonds. The Morgan fingerprint density at radius 2 is 2.30 bits per heavy atom. The molecule has 1 unspecified atom stereocenters. The molecule has 1 atom stereocenters. The Bertz CT molecular complexity index is 62.6. The van der Waals surface area contributed by atoms with Gasteiger partial charge in [-0.1, -0.05) is 13.8 Å². The fourth-order valence-corrected chi connectivity index (χ4v) is 1.03. The predicted molar refractivity (Wildman–Crippen MR) is 45.3 cm³/mol. The number of hydrogen-bond acceptors (Lipinski definition) is 3. The highest BCUT2D eigenvalue weighted by molar-refractivity contribution is 7.75. The van der Waals surface area contributed by atoms with Crippen LogP contribution >= 0.6 is 12.9 Å². The Hall–Kier alpha value is 0.270. The zero-order valence-electron chi connectivity index (χ0n) is 6.67. The van der Waals surface area contributed by atoms with Crippen molar-refractivity contribution >= 4 is 12.9 Å². The van der Waals surface area contributed by atoms with E-state index in [1.54, 1.807) is 0 Å². The van der Waals surface area contributed by atoms with E-state index in [1.165, 1.54) is 6.42 Å². The molecule has 62 valence electrons. The number of ether oxygens (including phenoxy) is 1. The maximum atomic E-state index is 5.22. The van der Waals surface area contributed by atoms with Crippen LogP contribution in [0.5, 0.6) is 0 Å². The number of rotatable bonds is 2. The minimum atomic E-state index is 0.312. The lowest BCUT2D eigenvalue weighted by Gasteiger charge is -2.04. The number of hydrogen-bond donors (Lipinski definition) is 1. The van der Waals surface area contributed by atoms with Crippen LogP contribution in [0, 0.1) is 0 Å². The largest absolute Gasteiger partial charge is 0.376 e. The van der Waals surface area contributed by atoms with Gasteiger partial charge in [0.15, 0.2) is 0 Å². The third kappa shape index (κ3) is 4.14. The summed E-state index contributed by atoms with van der Waals surface area (Å²) in [5.74, 6) is 0. The van der Waals surface area contributed by atoms with Gasteiger partial charge in [-0.15, -0.1) is 0 Å². The van der Waals surface area contributed by atoms with Crippen molar-refractivity contribution in [2.75, 3.05) is 13.2 Å². The van der Waals surface area contributed by atoms with Crippen molar-refractivity contribution in [2.45, 2.75) is 32.8 Å². The smallest absolute Gasteiger partial charge is 0.0872 e. The van der Waals surface area contributed by atoms with E-state index >= 15 is 0 Å². The fourth-order valence-electron chi connectivity index (χ4n) is 0.859. The van der Waals surface area contributed by atoms with E-state index in [0.29, 0.717) is 12.7 Å². The topological polar surface area (TPSA) is 18.5 Å². The van der Waals surface area contributed by atoms with Crippen LogP contribution in [0.15, 0.2) is 0 Å². The van der Waals surface area contributed by atoms with Gasteiger partial charge >= 0.3 is 0 Å². The van der Waals surface area contributed by atoms with E-state index in [9.17, 15) is 0 Å². The van der Waals surface area contributed by atoms with E-state index in [4.69, 9.17) is 4.74 Å². The van der Waals surface area contributed by atoms with Crippen molar-refractivity contribution in [3.63, 3.8) is 0 Å². The maximum Gasteiger partial charge on any atom is 0.0872 e. The van der Waals surface area contributed by atoms with Gasteiger partial charge in [-0.05, 0) is 25.8 Å². The summed E-state index contributed by atoms with van der Waals surface area (Å²) in [7, 11) is 0. The van der Waals surface area contributed by atoms with E-state index in [1.807, 2.05) is 13.8 Å². The first kappa shape index (κ1) is 10.3. The van der Waals surface area contributed by atoms with Crippen molar-refractivity contribution in [3.05, 3.63) is 0 Å². The molecule has 0 saturated carbocycles. The van der Waals surface area contributed by atoms with Gasteiger partial charge in [-0.25, -0.2) is 0 Å². The summed E-state index contributed by atoms with van der Waals surface area (Å²) in [5.41, 5.74) is 0. The molecule has 1 saturated heterocycles. The van der Waals surface area contributed by atoms with Gasteiger partial charge in [-0.2, -0.15) is 0 Å². The summed E-state index contributed by atoms with van der Waals surface area (Å²) in [5, 5.41) is 0. The first-order valence-corrected chi connectivity index (χ1v) is 4.18. The Labute approximate surface area is 68.5 Å². The molecule has 1 aliphatic rings. The monoisotopic (exact) mass is 164 g/mol. The third-order valence-electron chi connectivity index (χ3n) is 1.28. The molecule has 0 radical (unpaired) electrons. The van der Waals surface area contributed by atoms with Crippen LogP contribution in [0.3, 0.4) is 0 Å². The lowest BCUT2D eigenvalue weighted by Crippen LogP contribution is -2.10. The molecular weight excluding hydrogens is 148 g/mol. The molecule has 2 nitrogen and oxygen atoms in total. The average Bonchev–Trinajstić information content (AvgIpc) is 2.46. The first-order valence-electron chi connectivity index (χ1n) is 3.81. The van der Waals surface area contributed by atoms with Crippen LogP contribution < -0.4 is 0 Å². The molecule has 1 fully saturated rings. The van der Waals surface area contributed by atoms with Crippen LogP contribution in [-0.2, 0) is 8.92 Å². The van der Waals surface area contributed by atoms with Gasteiger partial charge < -0.3 is 8.92 Å². The van der Waals surface area contributed by atoms with Gasteiger partial charge in [0.05, 0.1) is 12.7 Å². The zero-order valence-corrected chi connectivity index (χ0v) is 7.56. The van der Waals surface area contributed by atoms with Crippen LogP contribution in [0.4, 0.5) is 0 Å². The standard InChI is InChI=1S/C5H10O2S.C2H6/c8-7-4-5-2-1-3-6-5;1-2/h5,8H,1-4H2;1-2H3. The van der Waals surface area contributed by atoms with Crippen LogP contribution in [-0.4, -0.2) is 19.3 Å². The minimum Gasteiger partial charge on any atom is -0.376 e. The minimum absolute atomic E-state index is 0.312.